The van der Waals surface area contributed by atoms with Crippen molar-refractivity contribution in [3.63, 3.8) is 0 Å². The molecule has 0 saturated carbocycles. The molecule has 0 radical (unpaired) electrons. The monoisotopic (exact) mass is 386 g/mol. The minimum atomic E-state index is -0.102. The number of pyridine rings is 1. The van der Waals surface area contributed by atoms with Crippen LogP contribution in [-0.4, -0.2) is 27.5 Å². The van der Waals surface area contributed by atoms with Crippen molar-refractivity contribution in [3.05, 3.63) is 42.7 Å². The summed E-state index contributed by atoms with van der Waals surface area (Å²) in [7, 11) is 0. The van der Waals surface area contributed by atoms with E-state index in [-0.39, 0.29) is 17.7 Å². The SMILES string of the molecule is CC(C)C(=O)Nc1nc2cc(NC(=O)CSc3ccncc3)ccc2s1. The highest BCUT2D eigenvalue weighted by molar-refractivity contribution is 8.00. The molecule has 0 bridgehead atoms. The minimum absolute atomic E-state index is 0.0641. The van der Waals surface area contributed by atoms with Gasteiger partial charge >= 0.3 is 0 Å². The van der Waals surface area contributed by atoms with E-state index in [4.69, 9.17) is 0 Å². The van der Waals surface area contributed by atoms with Gasteiger partial charge in [-0.1, -0.05) is 25.2 Å². The van der Waals surface area contributed by atoms with Gasteiger partial charge in [-0.15, -0.1) is 11.8 Å². The summed E-state index contributed by atoms with van der Waals surface area (Å²) in [5.74, 6) is 0.0599. The van der Waals surface area contributed by atoms with Crippen LogP contribution in [0.2, 0.25) is 0 Å². The highest BCUT2D eigenvalue weighted by Gasteiger charge is 2.11. The number of thioether (sulfide) groups is 1. The van der Waals surface area contributed by atoms with E-state index in [1.54, 1.807) is 12.4 Å². The quantitative estimate of drug-likeness (QED) is 0.625. The van der Waals surface area contributed by atoms with E-state index >= 15 is 0 Å². The maximum absolute atomic E-state index is 12.1. The van der Waals surface area contributed by atoms with Gasteiger partial charge in [-0.25, -0.2) is 4.98 Å². The Kier molecular flexibility index (Phi) is 5.85. The molecule has 6 nitrogen and oxygen atoms in total. The highest BCUT2D eigenvalue weighted by atomic mass is 32.2. The summed E-state index contributed by atoms with van der Waals surface area (Å²) in [5.41, 5.74) is 1.43. The van der Waals surface area contributed by atoms with Crippen LogP contribution in [0.25, 0.3) is 10.2 Å². The number of amides is 2. The third-order valence-electron chi connectivity index (χ3n) is 3.45. The van der Waals surface area contributed by atoms with E-state index in [9.17, 15) is 9.59 Å². The molecular formula is C18H18N4O2S2. The largest absolute Gasteiger partial charge is 0.325 e. The Morgan fingerprint density at radius 3 is 2.65 bits per heavy atom. The first-order valence-electron chi connectivity index (χ1n) is 8.05. The van der Waals surface area contributed by atoms with E-state index in [0.29, 0.717) is 16.6 Å². The Hall–Kier alpha value is -2.45. The number of carbonyl (C=O) groups excluding carboxylic acids is 2. The fraction of sp³-hybridized carbons (Fsp3) is 0.222. The Morgan fingerprint density at radius 2 is 1.92 bits per heavy atom. The van der Waals surface area contributed by atoms with E-state index in [1.165, 1.54) is 23.1 Å². The molecule has 2 amide bonds. The summed E-state index contributed by atoms with van der Waals surface area (Å²) >= 11 is 2.86. The maximum atomic E-state index is 12.1. The third kappa shape index (κ3) is 4.80. The number of nitrogens with zero attached hydrogens (tertiary/aromatic N) is 2. The lowest BCUT2D eigenvalue weighted by Crippen LogP contribution is -2.17. The number of nitrogens with one attached hydrogen (secondary N) is 2. The second-order valence-electron chi connectivity index (χ2n) is 5.87. The highest BCUT2D eigenvalue weighted by Crippen LogP contribution is 2.28. The predicted molar refractivity (Wildman–Crippen MR) is 107 cm³/mol. The van der Waals surface area contributed by atoms with Gasteiger partial charge in [-0.3, -0.25) is 14.6 Å². The van der Waals surface area contributed by atoms with Gasteiger partial charge < -0.3 is 10.6 Å². The zero-order valence-electron chi connectivity index (χ0n) is 14.4. The summed E-state index contributed by atoms with van der Waals surface area (Å²) in [6.45, 7) is 3.67. The standard InChI is InChI=1S/C18H18N4O2S2/c1-11(2)17(24)22-18-21-14-9-12(3-4-15(14)26-18)20-16(23)10-25-13-5-7-19-8-6-13/h3-9,11H,10H2,1-2H3,(H,20,23)(H,21,22,24). The average Bonchev–Trinajstić information content (AvgIpc) is 3.02. The summed E-state index contributed by atoms with van der Waals surface area (Å²) in [6.07, 6.45) is 3.40. The van der Waals surface area contributed by atoms with Crippen LogP contribution < -0.4 is 10.6 Å². The van der Waals surface area contributed by atoms with Crippen LogP contribution in [0.3, 0.4) is 0 Å². The molecular weight excluding hydrogens is 368 g/mol. The lowest BCUT2D eigenvalue weighted by Gasteiger charge is -2.05. The normalized spacial score (nSPS) is 10.9. The number of hydrogen-bond acceptors (Lipinski definition) is 6. The lowest BCUT2D eigenvalue weighted by atomic mass is 10.2. The van der Waals surface area contributed by atoms with Crippen molar-refractivity contribution in [1.82, 2.24) is 9.97 Å². The second-order valence-corrected chi connectivity index (χ2v) is 7.94. The zero-order valence-corrected chi connectivity index (χ0v) is 16.0. The van der Waals surface area contributed by atoms with Crippen LogP contribution in [0.1, 0.15) is 13.8 Å². The number of aromatic nitrogens is 2. The van der Waals surface area contributed by atoms with Crippen LogP contribution in [0.5, 0.6) is 0 Å². The van der Waals surface area contributed by atoms with E-state index in [0.717, 1.165) is 15.1 Å². The first kappa shape index (κ1) is 18.3. The maximum Gasteiger partial charge on any atom is 0.234 e. The van der Waals surface area contributed by atoms with Crippen molar-refractivity contribution in [3.8, 4) is 0 Å². The molecule has 0 aliphatic heterocycles. The molecule has 26 heavy (non-hydrogen) atoms. The fourth-order valence-corrected chi connectivity index (χ4v) is 3.62. The number of carbonyl (C=O) groups is 2. The van der Waals surface area contributed by atoms with Crippen LogP contribution >= 0.6 is 23.1 Å². The number of anilines is 2. The van der Waals surface area contributed by atoms with Crippen LogP contribution in [0, 0.1) is 5.92 Å². The Balaban J connectivity index is 1.63. The number of fused-ring (bicyclic) bond motifs is 1. The van der Waals surface area contributed by atoms with Crippen molar-refractivity contribution < 1.29 is 9.59 Å². The molecule has 0 saturated heterocycles. The first-order chi connectivity index (χ1) is 12.5. The van der Waals surface area contributed by atoms with E-state index in [2.05, 4.69) is 20.6 Å². The molecule has 0 aliphatic rings. The Bertz CT molecular complexity index is 925. The van der Waals surface area contributed by atoms with Gasteiger partial charge in [0.2, 0.25) is 11.8 Å². The molecule has 0 spiro atoms. The number of benzene rings is 1. The predicted octanol–water partition coefficient (Wildman–Crippen LogP) is 4.02. The van der Waals surface area contributed by atoms with Gasteiger partial charge in [0.1, 0.15) is 0 Å². The van der Waals surface area contributed by atoms with Crippen molar-refractivity contribution in [2.24, 2.45) is 5.92 Å². The summed E-state index contributed by atoms with van der Waals surface area (Å²) in [4.78, 5) is 33.3. The molecule has 0 fully saturated rings. The molecule has 2 aromatic heterocycles. The van der Waals surface area contributed by atoms with Crippen molar-refractivity contribution in [1.29, 1.82) is 0 Å². The van der Waals surface area contributed by atoms with Gasteiger partial charge in [-0.2, -0.15) is 0 Å². The van der Waals surface area contributed by atoms with Crippen LogP contribution in [-0.2, 0) is 9.59 Å². The number of rotatable bonds is 6. The van der Waals surface area contributed by atoms with Gasteiger partial charge in [0.05, 0.1) is 16.0 Å². The number of thiazole rings is 1. The van der Waals surface area contributed by atoms with Gasteiger partial charge in [0, 0.05) is 28.9 Å². The topological polar surface area (TPSA) is 84.0 Å². The average molecular weight is 387 g/mol. The summed E-state index contributed by atoms with van der Waals surface area (Å²) in [6, 6.07) is 9.28. The Morgan fingerprint density at radius 1 is 1.15 bits per heavy atom. The summed E-state index contributed by atoms with van der Waals surface area (Å²) in [5, 5.41) is 6.24. The molecule has 0 unspecified atom stereocenters. The smallest absolute Gasteiger partial charge is 0.234 e. The minimum Gasteiger partial charge on any atom is -0.325 e. The van der Waals surface area contributed by atoms with Crippen molar-refractivity contribution >= 4 is 55.9 Å². The molecule has 0 aliphatic carbocycles. The summed E-state index contributed by atoms with van der Waals surface area (Å²) < 4.78 is 0.952. The second kappa shape index (κ2) is 8.29. The van der Waals surface area contributed by atoms with Gasteiger partial charge in [-0.05, 0) is 30.3 Å². The van der Waals surface area contributed by atoms with Crippen molar-refractivity contribution in [2.45, 2.75) is 18.7 Å². The molecule has 8 heteroatoms. The zero-order chi connectivity index (χ0) is 18.5. The molecule has 0 atom stereocenters. The fourth-order valence-electron chi connectivity index (χ4n) is 2.09. The molecule has 1 aromatic carbocycles. The van der Waals surface area contributed by atoms with E-state index in [1.807, 2.05) is 44.2 Å². The molecule has 2 heterocycles. The first-order valence-corrected chi connectivity index (χ1v) is 9.85. The van der Waals surface area contributed by atoms with Crippen molar-refractivity contribution in [2.75, 3.05) is 16.4 Å². The van der Waals surface area contributed by atoms with Crippen LogP contribution in [0.4, 0.5) is 10.8 Å². The molecule has 3 rings (SSSR count). The third-order valence-corrected chi connectivity index (χ3v) is 5.41. The van der Waals surface area contributed by atoms with E-state index < -0.39 is 0 Å². The molecule has 134 valence electrons. The number of hydrogen-bond donors (Lipinski definition) is 2. The van der Waals surface area contributed by atoms with Crippen LogP contribution in [0.15, 0.2) is 47.6 Å². The lowest BCUT2D eigenvalue weighted by molar-refractivity contribution is -0.119. The Labute approximate surface area is 159 Å². The molecule has 2 N–H and O–H groups in total. The van der Waals surface area contributed by atoms with Gasteiger partial charge in [0.15, 0.2) is 5.13 Å². The van der Waals surface area contributed by atoms with Gasteiger partial charge in [0.25, 0.3) is 0 Å². The molecule has 3 aromatic rings.